The van der Waals surface area contributed by atoms with E-state index in [1.807, 2.05) is 49.6 Å². The van der Waals surface area contributed by atoms with Gasteiger partial charge in [-0.15, -0.1) is 11.3 Å². The molecule has 1 heterocycles. The molecule has 1 aromatic carbocycles. The first-order valence-electron chi connectivity index (χ1n) is 7.27. The Balaban J connectivity index is 1.73. The fraction of sp³-hybridized carbons (Fsp3) is 0.235. The standard InChI is InChI=1S/C17H19N3O2S/c1-12-5-6-14(10-13(12)2)19-16(21)7-8-17(22)20-18-11-15-4-3-9-23-15/h3-6,9-11H,7-8H2,1-2H3,(H,19,21)(H,20,22)/b18-11+. The molecule has 0 bridgehead atoms. The van der Waals surface area contributed by atoms with Crippen LogP contribution in [0.15, 0.2) is 40.8 Å². The molecular weight excluding hydrogens is 310 g/mol. The van der Waals surface area contributed by atoms with Crippen molar-refractivity contribution >= 4 is 35.1 Å². The Morgan fingerprint density at radius 1 is 1.13 bits per heavy atom. The van der Waals surface area contributed by atoms with Gasteiger partial charge in [0.2, 0.25) is 11.8 Å². The van der Waals surface area contributed by atoms with E-state index < -0.39 is 0 Å². The molecule has 2 N–H and O–H groups in total. The minimum absolute atomic E-state index is 0.0957. The van der Waals surface area contributed by atoms with Crippen LogP contribution in [0.25, 0.3) is 0 Å². The lowest BCUT2D eigenvalue weighted by atomic mass is 10.1. The summed E-state index contributed by atoms with van der Waals surface area (Å²) >= 11 is 1.53. The van der Waals surface area contributed by atoms with E-state index in [0.717, 1.165) is 16.1 Å². The van der Waals surface area contributed by atoms with E-state index in [4.69, 9.17) is 0 Å². The highest BCUT2D eigenvalue weighted by Crippen LogP contribution is 2.14. The van der Waals surface area contributed by atoms with Gasteiger partial charge in [0.25, 0.3) is 0 Å². The number of nitrogens with zero attached hydrogens (tertiary/aromatic N) is 1. The molecule has 5 nitrogen and oxygen atoms in total. The van der Waals surface area contributed by atoms with Crippen LogP contribution in [0.1, 0.15) is 28.8 Å². The molecule has 0 atom stereocenters. The van der Waals surface area contributed by atoms with E-state index in [9.17, 15) is 9.59 Å². The summed E-state index contributed by atoms with van der Waals surface area (Å²) in [7, 11) is 0. The highest BCUT2D eigenvalue weighted by atomic mass is 32.1. The molecule has 6 heteroatoms. The van der Waals surface area contributed by atoms with E-state index in [0.29, 0.717) is 0 Å². The summed E-state index contributed by atoms with van der Waals surface area (Å²) in [5.74, 6) is -0.473. The topological polar surface area (TPSA) is 70.6 Å². The van der Waals surface area contributed by atoms with Crippen LogP contribution >= 0.6 is 11.3 Å². The van der Waals surface area contributed by atoms with Crippen LogP contribution in [0.2, 0.25) is 0 Å². The maximum atomic E-state index is 11.8. The fourth-order valence-electron chi connectivity index (χ4n) is 1.86. The largest absolute Gasteiger partial charge is 0.326 e. The van der Waals surface area contributed by atoms with E-state index >= 15 is 0 Å². The van der Waals surface area contributed by atoms with Crippen LogP contribution in [-0.2, 0) is 9.59 Å². The third-order valence-electron chi connectivity index (χ3n) is 3.29. The Morgan fingerprint density at radius 3 is 2.61 bits per heavy atom. The molecule has 0 saturated carbocycles. The predicted octanol–water partition coefficient (Wildman–Crippen LogP) is 3.23. The number of rotatable bonds is 6. The summed E-state index contributed by atoms with van der Waals surface area (Å²) in [6.45, 7) is 4.01. The molecule has 2 amide bonds. The van der Waals surface area contributed by atoms with Gasteiger partial charge in [-0.1, -0.05) is 12.1 Å². The van der Waals surface area contributed by atoms with Gasteiger partial charge in [0, 0.05) is 23.4 Å². The van der Waals surface area contributed by atoms with Crippen molar-refractivity contribution < 1.29 is 9.59 Å². The van der Waals surface area contributed by atoms with Gasteiger partial charge in [0.15, 0.2) is 0 Å². The molecule has 0 aliphatic carbocycles. The molecule has 0 aliphatic rings. The van der Waals surface area contributed by atoms with Crippen molar-refractivity contribution in [2.75, 3.05) is 5.32 Å². The first kappa shape index (κ1) is 16.9. The van der Waals surface area contributed by atoms with Crippen LogP contribution in [0.3, 0.4) is 0 Å². The van der Waals surface area contributed by atoms with Gasteiger partial charge in [-0.05, 0) is 48.6 Å². The molecule has 0 saturated heterocycles. The number of amides is 2. The van der Waals surface area contributed by atoms with Gasteiger partial charge in [-0.25, -0.2) is 5.43 Å². The lowest BCUT2D eigenvalue weighted by Crippen LogP contribution is -2.20. The van der Waals surface area contributed by atoms with Crippen LogP contribution in [0.5, 0.6) is 0 Å². The van der Waals surface area contributed by atoms with Crippen LogP contribution in [0, 0.1) is 13.8 Å². The normalized spacial score (nSPS) is 10.7. The van der Waals surface area contributed by atoms with E-state index in [-0.39, 0.29) is 24.7 Å². The third-order valence-corrected chi connectivity index (χ3v) is 4.10. The number of thiophene rings is 1. The van der Waals surface area contributed by atoms with Crippen LogP contribution < -0.4 is 10.7 Å². The summed E-state index contributed by atoms with van der Waals surface area (Å²) in [6, 6.07) is 9.53. The monoisotopic (exact) mass is 329 g/mol. The van der Waals surface area contributed by atoms with Crippen molar-refractivity contribution in [3.63, 3.8) is 0 Å². The molecule has 0 spiro atoms. The van der Waals surface area contributed by atoms with Crippen molar-refractivity contribution in [3.05, 3.63) is 51.7 Å². The lowest BCUT2D eigenvalue weighted by Gasteiger charge is -2.07. The van der Waals surface area contributed by atoms with Crippen molar-refractivity contribution in [2.45, 2.75) is 26.7 Å². The molecular formula is C17H19N3O2S. The highest BCUT2D eigenvalue weighted by Gasteiger charge is 2.07. The van der Waals surface area contributed by atoms with Crippen molar-refractivity contribution in [1.29, 1.82) is 0 Å². The van der Waals surface area contributed by atoms with Gasteiger partial charge in [-0.3, -0.25) is 9.59 Å². The number of hydrogen-bond acceptors (Lipinski definition) is 4. The zero-order valence-corrected chi connectivity index (χ0v) is 13.9. The smallest absolute Gasteiger partial charge is 0.240 e. The number of hydrogen-bond donors (Lipinski definition) is 2. The van der Waals surface area contributed by atoms with Gasteiger partial charge in [-0.2, -0.15) is 5.10 Å². The number of aryl methyl sites for hydroxylation is 2. The van der Waals surface area contributed by atoms with Crippen LogP contribution in [-0.4, -0.2) is 18.0 Å². The number of anilines is 1. The Labute approximate surface area is 139 Å². The predicted molar refractivity (Wildman–Crippen MR) is 93.8 cm³/mol. The van der Waals surface area contributed by atoms with E-state index in [1.165, 1.54) is 16.9 Å². The Kier molecular flexibility index (Phi) is 6.05. The van der Waals surface area contributed by atoms with Gasteiger partial charge >= 0.3 is 0 Å². The second-order valence-electron chi connectivity index (χ2n) is 5.16. The third kappa shape index (κ3) is 5.67. The van der Waals surface area contributed by atoms with Gasteiger partial charge < -0.3 is 5.32 Å². The number of benzene rings is 1. The molecule has 2 aromatic rings. The highest BCUT2D eigenvalue weighted by molar-refractivity contribution is 7.11. The van der Waals surface area contributed by atoms with E-state index in [1.54, 1.807) is 6.21 Å². The van der Waals surface area contributed by atoms with E-state index in [2.05, 4.69) is 15.8 Å². The maximum absolute atomic E-state index is 11.8. The molecule has 0 fully saturated rings. The first-order valence-corrected chi connectivity index (χ1v) is 8.15. The number of carbonyl (C=O) groups excluding carboxylic acids is 2. The summed E-state index contributed by atoms with van der Waals surface area (Å²) < 4.78 is 0. The maximum Gasteiger partial charge on any atom is 0.240 e. The molecule has 2 rings (SSSR count). The minimum Gasteiger partial charge on any atom is -0.326 e. The van der Waals surface area contributed by atoms with Gasteiger partial charge in [0.05, 0.1) is 6.21 Å². The molecule has 0 aliphatic heterocycles. The average molecular weight is 329 g/mol. The molecule has 120 valence electrons. The number of carbonyl (C=O) groups is 2. The Morgan fingerprint density at radius 2 is 1.91 bits per heavy atom. The SMILES string of the molecule is Cc1ccc(NC(=O)CCC(=O)N/N=C/c2cccs2)cc1C. The van der Waals surface area contributed by atoms with Gasteiger partial charge in [0.1, 0.15) is 0 Å². The van der Waals surface area contributed by atoms with Crippen LogP contribution in [0.4, 0.5) is 5.69 Å². The summed E-state index contributed by atoms with van der Waals surface area (Å²) in [5, 5.41) is 8.57. The fourth-order valence-corrected chi connectivity index (χ4v) is 2.44. The van der Waals surface area contributed by atoms with Crippen molar-refractivity contribution in [3.8, 4) is 0 Å². The average Bonchev–Trinajstić information content (AvgIpc) is 3.02. The quantitative estimate of drug-likeness (QED) is 0.631. The molecule has 0 radical (unpaired) electrons. The number of nitrogens with one attached hydrogen (secondary N) is 2. The zero-order chi connectivity index (χ0) is 16.7. The molecule has 1 aromatic heterocycles. The lowest BCUT2D eigenvalue weighted by molar-refractivity contribution is -0.124. The molecule has 0 unspecified atom stereocenters. The zero-order valence-electron chi connectivity index (χ0n) is 13.1. The summed E-state index contributed by atoms with van der Waals surface area (Å²) in [5.41, 5.74) is 5.45. The minimum atomic E-state index is -0.284. The summed E-state index contributed by atoms with van der Waals surface area (Å²) in [6.07, 6.45) is 1.80. The summed E-state index contributed by atoms with van der Waals surface area (Å²) in [4.78, 5) is 24.4. The Hall–Kier alpha value is -2.47. The Bertz CT molecular complexity index is 709. The second-order valence-corrected chi connectivity index (χ2v) is 6.14. The molecule has 23 heavy (non-hydrogen) atoms. The second kappa shape index (κ2) is 8.24. The first-order chi connectivity index (χ1) is 11.0. The van der Waals surface area contributed by atoms with Crippen molar-refractivity contribution in [1.82, 2.24) is 5.43 Å². The van der Waals surface area contributed by atoms with Crippen molar-refractivity contribution in [2.24, 2.45) is 5.10 Å². The number of hydrazone groups is 1.